The van der Waals surface area contributed by atoms with Crippen molar-refractivity contribution in [3.05, 3.63) is 92.9 Å². The number of likely N-dealkylation sites (N-methyl/N-ethyl adjacent to an activating group) is 1. The van der Waals surface area contributed by atoms with Crippen molar-refractivity contribution in [1.82, 2.24) is 10.2 Å². The maximum atomic E-state index is 13.7. The number of hydrogen-bond donors (Lipinski definition) is 1. The van der Waals surface area contributed by atoms with Crippen LogP contribution in [-0.4, -0.2) is 44.3 Å². The van der Waals surface area contributed by atoms with Gasteiger partial charge >= 0.3 is 0 Å². The molecule has 1 N–H and O–H groups in total. The molecule has 0 bridgehead atoms. The Hall–Kier alpha value is -2.59. The fourth-order valence-corrected chi connectivity index (χ4v) is 5.57. The summed E-state index contributed by atoms with van der Waals surface area (Å²) in [6.07, 6.45) is 0. The van der Waals surface area contributed by atoms with Crippen LogP contribution in [0.15, 0.2) is 82.2 Å². The van der Waals surface area contributed by atoms with E-state index in [-0.39, 0.29) is 23.0 Å². The average molecular weight is 627 g/mol. The average Bonchev–Trinajstić information content (AvgIpc) is 2.86. The van der Waals surface area contributed by atoms with E-state index in [0.29, 0.717) is 16.6 Å². The molecule has 0 unspecified atom stereocenters. The first-order chi connectivity index (χ1) is 17.5. The van der Waals surface area contributed by atoms with Gasteiger partial charge in [-0.3, -0.25) is 13.9 Å². The largest absolute Gasteiger partial charge is 0.355 e. The van der Waals surface area contributed by atoms with Crippen molar-refractivity contribution < 1.29 is 18.0 Å². The highest BCUT2D eigenvalue weighted by atomic mass is 79.9. The molecule has 37 heavy (non-hydrogen) atoms. The second-order valence-corrected chi connectivity index (χ2v) is 11.8. The molecule has 0 saturated heterocycles. The number of benzene rings is 3. The van der Waals surface area contributed by atoms with E-state index in [9.17, 15) is 18.0 Å². The Morgan fingerprint density at radius 2 is 1.62 bits per heavy atom. The Kier molecular flexibility index (Phi) is 10.0. The van der Waals surface area contributed by atoms with E-state index in [1.165, 1.54) is 35.2 Å². The Morgan fingerprint density at radius 3 is 2.22 bits per heavy atom. The van der Waals surface area contributed by atoms with E-state index in [1.807, 2.05) is 24.3 Å². The second kappa shape index (κ2) is 12.8. The van der Waals surface area contributed by atoms with E-state index in [4.69, 9.17) is 23.2 Å². The Bertz CT molecular complexity index is 1350. The van der Waals surface area contributed by atoms with E-state index < -0.39 is 28.5 Å². The highest BCUT2D eigenvalue weighted by Crippen LogP contribution is 2.27. The molecule has 0 heterocycles. The molecule has 7 nitrogen and oxygen atoms in total. The lowest BCUT2D eigenvalue weighted by molar-refractivity contribution is -0.139. The second-order valence-electron chi connectivity index (χ2n) is 8.16. The summed E-state index contributed by atoms with van der Waals surface area (Å²) >= 11 is 15.5. The molecular formula is C26H26BrCl2N3O4S. The summed E-state index contributed by atoms with van der Waals surface area (Å²) in [5, 5.41) is 3.41. The molecule has 3 aromatic rings. The topological polar surface area (TPSA) is 86.8 Å². The molecule has 1 atom stereocenters. The van der Waals surface area contributed by atoms with Gasteiger partial charge in [-0.1, -0.05) is 57.3 Å². The highest BCUT2D eigenvalue weighted by Gasteiger charge is 2.32. The predicted octanol–water partition coefficient (Wildman–Crippen LogP) is 5.50. The minimum absolute atomic E-state index is 0.0408. The molecule has 0 radical (unpaired) electrons. The SMILES string of the molecule is CCNC(=O)[C@H](C)N(Cc1ccc(Br)cc1)C(=O)CN(c1cccc(Cl)c1)S(=O)(=O)c1ccc(Cl)cc1. The molecule has 0 aliphatic rings. The molecule has 0 aromatic heterocycles. The van der Waals surface area contributed by atoms with Gasteiger partial charge in [0, 0.05) is 27.6 Å². The van der Waals surface area contributed by atoms with E-state index >= 15 is 0 Å². The molecule has 2 amide bonds. The number of rotatable bonds is 10. The van der Waals surface area contributed by atoms with Crippen LogP contribution in [-0.2, 0) is 26.2 Å². The summed E-state index contributed by atoms with van der Waals surface area (Å²) in [5.74, 6) is -0.901. The van der Waals surface area contributed by atoms with Gasteiger partial charge in [-0.25, -0.2) is 8.42 Å². The Labute approximate surface area is 235 Å². The molecular weight excluding hydrogens is 601 g/mol. The Morgan fingerprint density at radius 1 is 0.973 bits per heavy atom. The molecule has 3 rings (SSSR count). The lowest BCUT2D eigenvalue weighted by atomic mass is 10.1. The lowest BCUT2D eigenvalue weighted by Gasteiger charge is -2.32. The fourth-order valence-electron chi connectivity index (χ4n) is 3.58. The van der Waals surface area contributed by atoms with Gasteiger partial charge in [0.25, 0.3) is 10.0 Å². The number of amides is 2. The summed E-state index contributed by atoms with van der Waals surface area (Å²) in [5.41, 5.74) is 0.993. The van der Waals surface area contributed by atoms with Gasteiger partial charge < -0.3 is 10.2 Å². The van der Waals surface area contributed by atoms with Crippen LogP contribution in [0.3, 0.4) is 0 Å². The number of carbonyl (C=O) groups excluding carboxylic acids is 2. The van der Waals surface area contributed by atoms with Gasteiger partial charge in [0.05, 0.1) is 10.6 Å². The zero-order valence-corrected chi connectivity index (χ0v) is 24.1. The number of nitrogens with one attached hydrogen (secondary N) is 1. The summed E-state index contributed by atoms with van der Waals surface area (Å²) in [6, 6.07) is 18.4. The van der Waals surface area contributed by atoms with Crippen molar-refractivity contribution in [2.45, 2.75) is 31.3 Å². The van der Waals surface area contributed by atoms with Gasteiger partial charge in [-0.05, 0) is 74.0 Å². The van der Waals surface area contributed by atoms with Crippen molar-refractivity contribution in [2.75, 3.05) is 17.4 Å². The minimum Gasteiger partial charge on any atom is -0.355 e. The van der Waals surface area contributed by atoms with Gasteiger partial charge in [0.1, 0.15) is 12.6 Å². The fraction of sp³-hybridized carbons (Fsp3) is 0.231. The number of nitrogens with zero attached hydrogens (tertiary/aromatic N) is 2. The van der Waals surface area contributed by atoms with Crippen LogP contribution in [0.1, 0.15) is 19.4 Å². The number of halogens is 3. The van der Waals surface area contributed by atoms with Crippen LogP contribution < -0.4 is 9.62 Å². The van der Waals surface area contributed by atoms with Crippen molar-refractivity contribution in [3.8, 4) is 0 Å². The van der Waals surface area contributed by atoms with E-state index in [2.05, 4.69) is 21.2 Å². The van der Waals surface area contributed by atoms with Crippen LogP contribution in [0.5, 0.6) is 0 Å². The molecule has 0 spiro atoms. The maximum Gasteiger partial charge on any atom is 0.264 e. The number of carbonyl (C=O) groups is 2. The normalized spacial score (nSPS) is 12.0. The van der Waals surface area contributed by atoms with E-state index in [0.717, 1.165) is 14.3 Å². The highest BCUT2D eigenvalue weighted by molar-refractivity contribution is 9.10. The smallest absolute Gasteiger partial charge is 0.264 e. The lowest BCUT2D eigenvalue weighted by Crippen LogP contribution is -2.51. The third kappa shape index (κ3) is 7.47. The van der Waals surface area contributed by atoms with Gasteiger partial charge in [-0.15, -0.1) is 0 Å². The first kappa shape index (κ1) is 29.0. The van der Waals surface area contributed by atoms with Crippen LogP contribution >= 0.6 is 39.1 Å². The molecule has 196 valence electrons. The van der Waals surface area contributed by atoms with Crippen molar-refractivity contribution >= 4 is 66.7 Å². The molecule has 0 aliphatic carbocycles. The summed E-state index contributed by atoms with van der Waals surface area (Å²) < 4.78 is 29.3. The van der Waals surface area contributed by atoms with Gasteiger partial charge in [0.15, 0.2) is 0 Å². The molecule has 0 aliphatic heterocycles. The Balaban J connectivity index is 2.02. The summed E-state index contributed by atoms with van der Waals surface area (Å²) in [4.78, 5) is 27.8. The number of sulfonamides is 1. The van der Waals surface area contributed by atoms with Crippen LogP contribution in [0, 0.1) is 0 Å². The molecule has 3 aromatic carbocycles. The van der Waals surface area contributed by atoms with Gasteiger partial charge in [-0.2, -0.15) is 0 Å². The molecule has 0 fully saturated rings. The van der Waals surface area contributed by atoms with Crippen LogP contribution in [0.25, 0.3) is 0 Å². The first-order valence-corrected chi connectivity index (χ1v) is 14.4. The third-order valence-corrected chi connectivity index (χ3v) is 8.36. The minimum atomic E-state index is -4.19. The van der Waals surface area contributed by atoms with Crippen molar-refractivity contribution in [2.24, 2.45) is 0 Å². The molecule has 11 heteroatoms. The quantitative estimate of drug-likeness (QED) is 0.322. The van der Waals surface area contributed by atoms with E-state index in [1.54, 1.807) is 32.0 Å². The van der Waals surface area contributed by atoms with Crippen molar-refractivity contribution in [3.63, 3.8) is 0 Å². The third-order valence-electron chi connectivity index (χ3n) is 5.56. The van der Waals surface area contributed by atoms with Crippen LogP contribution in [0.2, 0.25) is 10.0 Å². The van der Waals surface area contributed by atoms with Gasteiger partial charge in [0.2, 0.25) is 11.8 Å². The zero-order valence-electron chi connectivity index (χ0n) is 20.2. The number of hydrogen-bond acceptors (Lipinski definition) is 4. The monoisotopic (exact) mass is 625 g/mol. The first-order valence-electron chi connectivity index (χ1n) is 11.4. The standard InChI is InChI=1S/C26H26BrCl2N3O4S/c1-3-30-26(34)18(2)31(16-19-7-9-20(27)10-8-19)25(33)17-32(23-6-4-5-22(29)15-23)37(35,36)24-13-11-21(28)12-14-24/h4-15,18H,3,16-17H2,1-2H3,(H,30,34)/t18-/m0/s1. The summed E-state index contributed by atoms with van der Waals surface area (Å²) in [6.45, 7) is 3.34. The summed E-state index contributed by atoms with van der Waals surface area (Å²) in [7, 11) is -4.19. The van der Waals surface area contributed by atoms with Crippen molar-refractivity contribution in [1.29, 1.82) is 0 Å². The zero-order chi connectivity index (χ0) is 27.2. The number of anilines is 1. The van der Waals surface area contributed by atoms with Crippen LogP contribution in [0.4, 0.5) is 5.69 Å². The predicted molar refractivity (Wildman–Crippen MR) is 150 cm³/mol. The molecule has 0 saturated carbocycles. The maximum absolute atomic E-state index is 13.7.